The fraction of sp³-hybridized carbons (Fsp3) is 0.619. The molecule has 2 bridgehead atoms. The summed E-state index contributed by atoms with van der Waals surface area (Å²) in [4.78, 5) is 25.5. The van der Waals surface area contributed by atoms with E-state index in [2.05, 4.69) is 14.8 Å². The molecule has 28 heavy (non-hydrogen) atoms. The second kappa shape index (κ2) is 7.13. The molecule has 1 aromatic heterocycles. The Labute approximate surface area is 165 Å². The van der Waals surface area contributed by atoms with Crippen LogP contribution in [0, 0.1) is 5.92 Å². The Kier molecular flexibility index (Phi) is 4.61. The summed E-state index contributed by atoms with van der Waals surface area (Å²) in [6, 6.07) is 5.63. The number of aromatic nitrogens is 2. The molecule has 0 unspecified atom stereocenters. The molecule has 1 aliphatic carbocycles. The van der Waals surface area contributed by atoms with Crippen molar-refractivity contribution in [3.05, 3.63) is 29.6 Å². The third-order valence-corrected chi connectivity index (χ3v) is 6.92. The molecule has 3 heterocycles. The number of para-hydroxylation sites is 1. The smallest absolute Gasteiger partial charge is 0.250 e. The van der Waals surface area contributed by atoms with Gasteiger partial charge in [0, 0.05) is 32.7 Å². The van der Waals surface area contributed by atoms with Gasteiger partial charge < -0.3 is 15.5 Å². The molecule has 2 saturated heterocycles. The molecule has 0 spiro atoms. The lowest BCUT2D eigenvalue weighted by atomic mass is 9.79. The number of primary amides is 1. The van der Waals surface area contributed by atoms with Gasteiger partial charge in [-0.05, 0) is 37.3 Å². The van der Waals surface area contributed by atoms with Crippen LogP contribution in [0.2, 0.25) is 0 Å². The molecule has 0 radical (unpaired) electrons. The minimum Gasteiger partial charge on any atom is -0.379 e. The number of likely N-dealkylation sites (tertiary alicyclic amines) is 1. The van der Waals surface area contributed by atoms with Crippen molar-refractivity contribution in [2.75, 3.05) is 45.9 Å². The number of carbonyl (C=O) groups excluding carboxylic acids is 1. The van der Waals surface area contributed by atoms with Crippen molar-refractivity contribution >= 4 is 16.9 Å². The third kappa shape index (κ3) is 3.02. The summed E-state index contributed by atoms with van der Waals surface area (Å²) in [7, 11) is 0. The van der Waals surface area contributed by atoms with Crippen molar-refractivity contribution in [1.29, 1.82) is 0 Å². The summed E-state index contributed by atoms with van der Waals surface area (Å²) in [5.41, 5.74) is 7.66. The number of H-pyrrole nitrogens is 1. The number of fused-ring (bicyclic) bond motifs is 3. The normalized spacial score (nSPS) is 28.8. The monoisotopic (exact) mass is 383 g/mol. The number of carbonyl (C=O) groups is 1. The minimum absolute atomic E-state index is 0.0386. The maximum absolute atomic E-state index is 11.8. The van der Waals surface area contributed by atoms with Crippen LogP contribution in [0.3, 0.4) is 0 Å². The Hall–Kier alpha value is -1.96. The van der Waals surface area contributed by atoms with E-state index in [1.807, 2.05) is 12.1 Å². The quantitative estimate of drug-likeness (QED) is 0.821. The van der Waals surface area contributed by atoms with Crippen LogP contribution >= 0.6 is 0 Å². The zero-order chi connectivity index (χ0) is 19.1. The summed E-state index contributed by atoms with van der Waals surface area (Å²) in [5.74, 6) is 1.33. The van der Waals surface area contributed by atoms with E-state index < -0.39 is 5.91 Å². The summed E-state index contributed by atoms with van der Waals surface area (Å²) in [6.07, 6.45) is 4.82. The fourth-order valence-electron chi connectivity index (χ4n) is 5.50. The van der Waals surface area contributed by atoms with Crippen LogP contribution in [0.15, 0.2) is 18.2 Å². The van der Waals surface area contributed by atoms with E-state index in [1.54, 1.807) is 6.07 Å². The number of ether oxygens (including phenoxy) is 1. The van der Waals surface area contributed by atoms with Gasteiger partial charge in [-0.3, -0.25) is 14.6 Å². The highest BCUT2D eigenvalue weighted by atomic mass is 16.5. The summed E-state index contributed by atoms with van der Waals surface area (Å²) in [6.45, 7) is 7.00. The van der Waals surface area contributed by atoms with Crippen LogP contribution < -0.4 is 5.73 Å². The number of hydrogen-bond donors (Lipinski definition) is 2. The van der Waals surface area contributed by atoms with Gasteiger partial charge in [0.25, 0.3) is 5.91 Å². The van der Waals surface area contributed by atoms with Gasteiger partial charge in [-0.25, -0.2) is 4.98 Å². The number of aromatic amines is 1. The molecule has 7 heteroatoms. The number of nitrogens with one attached hydrogen (secondary N) is 1. The van der Waals surface area contributed by atoms with Gasteiger partial charge in [-0.1, -0.05) is 12.5 Å². The van der Waals surface area contributed by atoms with Gasteiger partial charge >= 0.3 is 0 Å². The topological polar surface area (TPSA) is 87.5 Å². The molecule has 1 saturated carbocycles. The molecule has 5 rings (SSSR count). The molecule has 150 valence electrons. The molecule has 2 atom stereocenters. The largest absolute Gasteiger partial charge is 0.379 e. The molecular weight excluding hydrogens is 354 g/mol. The van der Waals surface area contributed by atoms with Crippen molar-refractivity contribution in [2.45, 2.75) is 31.2 Å². The van der Waals surface area contributed by atoms with E-state index in [9.17, 15) is 4.79 Å². The maximum atomic E-state index is 11.8. The highest BCUT2D eigenvalue weighted by molar-refractivity contribution is 6.04. The number of morpholine rings is 1. The van der Waals surface area contributed by atoms with Crippen LogP contribution in [0.1, 0.15) is 41.9 Å². The summed E-state index contributed by atoms with van der Waals surface area (Å²) >= 11 is 0. The number of rotatable bonds is 5. The first-order chi connectivity index (χ1) is 13.7. The second-order valence-electron chi connectivity index (χ2n) is 8.55. The highest BCUT2D eigenvalue weighted by Crippen LogP contribution is 2.49. The van der Waals surface area contributed by atoms with Crippen molar-refractivity contribution < 1.29 is 9.53 Å². The maximum Gasteiger partial charge on any atom is 0.250 e. The summed E-state index contributed by atoms with van der Waals surface area (Å²) < 4.78 is 5.49. The Morgan fingerprint density at radius 2 is 2.18 bits per heavy atom. The van der Waals surface area contributed by atoms with Gasteiger partial charge in [0.2, 0.25) is 0 Å². The van der Waals surface area contributed by atoms with Crippen LogP contribution in [-0.4, -0.2) is 71.6 Å². The average molecular weight is 383 g/mol. The number of imidazole rings is 1. The molecule has 1 amide bonds. The van der Waals surface area contributed by atoms with Crippen LogP contribution in [-0.2, 0) is 10.3 Å². The molecule has 2 aromatic rings. The van der Waals surface area contributed by atoms with Crippen molar-refractivity contribution in [3.8, 4) is 0 Å². The third-order valence-electron chi connectivity index (χ3n) is 6.92. The number of benzene rings is 1. The molecule has 1 aromatic carbocycles. The van der Waals surface area contributed by atoms with Gasteiger partial charge in [-0.2, -0.15) is 0 Å². The molecule has 3 fully saturated rings. The van der Waals surface area contributed by atoms with Gasteiger partial charge in [-0.15, -0.1) is 0 Å². The van der Waals surface area contributed by atoms with Gasteiger partial charge in [0.15, 0.2) is 0 Å². The summed E-state index contributed by atoms with van der Waals surface area (Å²) in [5, 5.41) is 0. The Bertz CT molecular complexity index is 875. The van der Waals surface area contributed by atoms with E-state index in [4.69, 9.17) is 15.5 Å². The second-order valence-corrected chi connectivity index (χ2v) is 8.55. The van der Waals surface area contributed by atoms with Crippen LogP contribution in [0.25, 0.3) is 11.0 Å². The van der Waals surface area contributed by atoms with Gasteiger partial charge in [0.1, 0.15) is 11.3 Å². The first-order valence-electron chi connectivity index (χ1n) is 10.5. The number of hydrogen-bond acceptors (Lipinski definition) is 5. The fourth-order valence-corrected chi connectivity index (χ4v) is 5.50. The predicted molar refractivity (Wildman–Crippen MR) is 107 cm³/mol. The van der Waals surface area contributed by atoms with E-state index in [1.165, 1.54) is 12.8 Å². The lowest BCUT2D eigenvalue weighted by molar-refractivity contribution is 0.0252. The SMILES string of the molecule is NC(=O)c1cccc2[nH]c([C@]34CCC[C@@H](CN3CCN3CCOCC3)C4)nc12. The van der Waals surface area contributed by atoms with E-state index in [0.717, 1.165) is 76.0 Å². The Balaban J connectivity index is 1.46. The minimum atomic E-state index is -0.418. The molecule has 3 N–H and O–H groups in total. The van der Waals surface area contributed by atoms with E-state index in [0.29, 0.717) is 11.1 Å². The predicted octanol–water partition coefficient (Wildman–Crippen LogP) is 1.70. The average Bonchev–Trinajstić information content (AvgIpc) is 3.26. The molecular formula is C21H29N5O2. The van der Waals surface area contributed by atoms with E-state index in [-0.39, 0.29) is 5.54 Å². The lowest BCUT2D eigenvalue weighted by Crippen LogP contribution is -2.47. The number of nitrogens with zero attached hydrogens (tertiary/aromatic N) is 3. The first kappa shape index (κ1) is 18.1. The van der Waals surface area contributed by atoms with Crippen molar-refractivity contribution in [3.63, 3.8) is 0 Å². The van der Waals surface area contributed by atoms with Crippen molar-refractivity contribution in [1.82, 2.24) is 19.8 Å². The molecule has 7 nitrogen and oxygen atoms in total. The number of amides is 1. The zero-order valence-electron chi connectivity index (χ0n) is 16.3. The highest BCUT2D eigenvalue weighted by Gasteiger charge is 2.50. The zero-order valence-corrected chi connectivity index (χ0v) is 16.3. The number of nitrogens with two attached hydrogens (primary N) is 1. The van der Waals surface area contributed by atoms with Crippen molar-refractivity contribution in [2.24, 2.45) is 11.7 Å². The van der Waals surface area contributed by atoms with Crippen LogP contribution in [0.4, 0.5) is 0 Å². The Morgan fingerprint density at radius 3 is 3.00 bits per heavy atom. The standard InChI is InChI=1S/C21H29N5O2/c22-19(27)16-4-1-5-17-18(16)24-20(23-17)21-6-2-3-15(13-21)14-26(21)8-7-25-9-11-28-12-10-25/h1,4-5,15H,2-3,6-14H2,(H2,22,27)(H,23,24)/t15-,21-/m1/s1. The molecule has 2 aliphatic heterocycles. The first-order valence-corrected chi connectivity index (χ1v) is 10.5. The Morgan fingerprint density at radius 1 is 1.32 bits per heavy atom. The van der Waals surface area contributed by atoms with E-state index >= 15 is 0 Å². The van der Waals surface area contributed by atoms with Crippen LogP contribution in [0.5, 0.6) is 0 Å². The lowest BCUT2D eigenvalue weighted by Gasteiger charge is -2.39. The van der Waals surface area contributed by atoms with Gasteiger partial charge in [0.05, 0.1) is 29.8 Å². The molecule has 3 aliphatic rings.